The Bertz CT molecular complexity index is 277. The zero-order valence-electron chi connectivity index (χ0n) is 10.4. The van der Waals surface area contributed by atoms with E-state index in [2.05, 4.69) is 0 Å². The van der Waals surface area contributed by atoms with Crippen LogP contribution in [0.1, 0.15) is 39.0 Å². The lowest BCUT2D eigenvalue weighted by atomic mass is 9.98. The van der Waals surface area contributed by atoms with Crippen molar-refractivity contribution < 1.29 is 14.7 Å². The van der Waals surface area contributed by atoms with Gasteiger partial charge in [-0.05, 0) is 31.7 Å². The zero-order chi connectivity index (χ0) is 12.8. The van der Waals surface area contributed by atoms with E-state index in [1.807, 2.05) is 6.92 Å². The van der Waals surface area contributed by atoms with Crippen LogP contribution in [0, 0.1) is 5.92 Å². The van der Waals surface area contributed by atoms with Gasteiger partial charge in [-0.25, -0.2) is 4.79 Å². The molecular weight excluding hydrogens is 220 g/mol. The van der Waals surface area contributed by atoms with Crippen LogP contribution < -0.4 is 5.73 Å². The van der Waals surface area contributed by atoms with Crippen LogP contribution in [0.5, 0.6) is 0 Å². The van der Waals surface area contributed by atoms with Gasteiger partial charge in [0.2, 0.25) is 5.91 Å². The highest BCUT2D eigenvalue weighted by molar-refractivity contribution is 5.84. The van der Waals surface area contributed by atoms with Crippen LogP contribution >= 0.6 is 0 Å². The van der Waals surface area contributed by atoms with Crippen LogP contribution in [0.4, 0.5) is 0 Å². The van der Waals surface area contributed by atoms with Gasteiger partial charge in [0.25, 0.3) is 0 Å². The van der Waals surface area contributed by atoms with Gasteiger partial charge < -0.3 is 15.7 Å². The van der Waals surface area contributed by atoms with Gasteiger partial charge in [0.15, 0.2) is 0 Å². The Balaban J connectivity index is 2.61. The van der Waals surface area contributed by atoms with Crippen LogP contribution in [0.15, 0.2) is 0 Å². The second-order valence-corrected chi connectivity index (χ2v) is 4.65. The molecule has 1 rings (SSSR count). The number of carboxylic acids is 1. The topological polar surface area (TPSA) is 83.6 Å². The quantitative estimate of drug-likeness (QED) is 0.748. The molecule has 1 aliphatic rings. The number of hydrogen-bond acceptors (Lipinski definition) is 3. The van der Waals surface area contributed by atoms with Gasteiger partial charge in [0.1, 0.15) is 6.04 Å². The minimum absolute atomic E-state index is 0.0607. The Morgan fingerprint density at radius 3 is 2.71 bits per heavy atom. The minimum Gasteiger partial charge on any atom is -0.480 e. The fourth-order valence-electron chi connectivity index (χ4n) is 2.25. The van der Waals surface area contributed by atoms with E-state index in [9.17, 15) is 9.59 Å². The summed E-state index contributed by atoms with van der Waals surface area (Å²) in [4.78, 5) is 24.6. The summed E-state index contributed by atoms with van der Waals surface area (Å²) in [5, 5.41) is 9.09. The van der Waals surface area contributed by atoms with Crippen molar-refractivity contribution in [1.29, 1.82) is 0 Å². The van der Waals surface area contributed by atoms with Gasteiger partial charge in [-0.3, -0.25) is 4.79 Å². The Hall–Kier alpha value is -1.10. The van der Waals surface area contributed by atoms with Gasteiger partial charge >= 0.3 is 5.97 Å². The lowest BCUT2D eigenvalue weighted by molar-refractivity contribution is -0.152. The molecular formula is C12H22N2O3. The summed E-state index contributed by atoms with van der Waals surface area (Å²) >= 11 is 0. The molecule has 1 heterocycles. The predicted octanol–water partition coefficient (Wildman–Crippen LogP) is 0.827. The third-order valence-electron chi connectivity index (χ3n) is 3.48. The Morgan fingerprint density at radius 1 is 1.47 bits per heavy atom. The summed E-state index contributed by atoms with van der Waals surface area (Å²) in [6.07, 6.45) is 3.58. The molecule has 0 spiro atoms. The maximum Gasteiger partial charge on any atom is 0.326 e. The normalized spacial score (nSPS) is 22.2. The van der Waals surface area contributed by atoms with Crippen molar-refractivity contribution >= 4 is 11.9 Å². The number of carbonyl (C=O) groups excluding carboxylic acids is 1. The van der Waals surface area contributed by atoms with E-state index in [1.165, 1.54) is 4.90 Å². The van der Waals surface area contributed by atoms with Crippen molar-refractivity contribution in [3.63, 3.8) is 0 Å². The number of aliphatic carboxylic acids is 1. The van der Waals surface area contributed by atoms with E-state index < -0.39 is 12.0 Å². The molecule has 5 nitrogen and oxygen atoms in total. The zero-order valence-corrected chi connectivity index (χ0v) is 10.4. The lowest BCUT2D eigenvalue weighted by Crippen LogP contribution is -2.48. The van der Waals surface area contributed by atoms with Gasteiger partial charge in [-0.15, -0.1) is 0 Å². The molecule has 0 aromatic rings. The van der Waals surface area contributed by atoms with Crippen molar-refractivity contribution in [2.24, 2.45) is 11.7 Å². The molecule has 0 radical (unpaired) electrons. The highest BCUT2D eigenvalue weighted by atomic mass is 16.4. The fraction of sp³-hybridized carbons (Fsp3) is 0.833. The molecule has 1 fully saturated rings. The summed E-state index contributed by atoms with van der Waals surface area (Å²) in [5.74, 6) is -0.785. The largest absolute Gasteiger partial charge is 0.480 e. The molecule has 2 unspecified atom stereocenters. The second kappa shape index (κ2) is 6.59. The van der Waals surface area contributed by atoms with Crippen LogP contribution in [-0.4, -0.2) is 41.0 Å². The summed E-state index contributed by atoms with van der Waals surface area (Å²) < 4.78 is 0. The predicted molar refractivity (Wildman–Crippen MR) is 64.4 cm³/mol. The highest BCUT2D eigenvalue weighted by Gasteiger charge is 2.32. The summed E-state index contributed by atoms with van der Waals surface area (Å²) in [7, 11) is 0. The monoisotopic (exact) mass is 242 g/mol. The lowest BCUT2D eigenvalue weighted by Gasteiger charge is -2.33. The molecule has 1 amide bonds. The summed E-state index contributed by atoms with van der Waals surface area (Å²) in [5.41, 5.74) is 5.57. The molecule has 98 valence electrons. The molecule has 3 N–H and O–H groups in total. The fourth-order valence-corrected chi connectivity index (χ4v) is 2.25. The molecule has 0 aromatic heterocycles. The van der Waals surface area contributed by atoms with Crippen molar-refractivity contribution in [3.8, 4) is 0 Å². The average Bonchev–Trinajstić information content (AvgIpc) is 2.35. The molecule has 0 saturated carbocycles. The van der Waals surface area contributed by atoms with Gasteiger partial charge in [-0.2, -0.15) is 0 Å². The standard InChI is InChI=1S/C12H22N2O3/c1-2-9(8-13)7-11(15)14-6-4-3-5-10(14)12(16)17/h9-10H,2-8,13H2,1H3,(H,16,17). The van der Waals surface area contributed by atoms with Gasteiger partial charge in [0, 0.05) is 13.0 Å². The number of likely N-dealkylation sites (tertiary alicyclic amines) is 1. The Labute approximate surface area is 102 Å². The molecule has 1 saturated heterocycles. The molecule has 0 bridgehead atoms. The number of amides is 1. The Morgan fingerprint density at radius 2 is 2.18 bits per heavy atom. The first-order valence-electron chi connectivity index (χ1n) is 6.32. The van der Waals surface area contributed by atoms with E-state index in [1.54, 1.807) is 0 Å². The Kier molecular flexibility index (Phi) is 5.41. The summed E-state index contributed by atoms with van der Waals surface area (Å²) in [6.45, 7) is 3.04. The average molecular weight is 242 g/mol. The third-order valence-corrected chi connectivity index (χ3v) is 3.48. The number of piperidine rings is 1. The third kappa shape index (κ3) is 3.70. The first-order chi connectivity index (χ1) is 8.10. The SMILES string of the molecule is CCC(CN)CC(=O)N1CCCCC1C(=O)O. The number of carbonyl (C=O) groups is 2. The smallest absolute Gasteiger partial charge is 0.326 e. The first-order valence-corrected chi connectivity index (χ1v) is 6.32. The number of rotatable bonds is 5. The summed E-state index contributed by atoms with van der Waals surface area (Å²) in [6, 6.07) is -0.633. The first kappa shape index (κ1) is 14.0. The van der Waals surface area contributed by atoms with Crippen LogP contribution in [0.2, 0.25) is 0 Å². The van der Waals surface area contributed by atoms with E-state index in [0.717, 1.165) is 19.3 Å². The van der Waals surface area contributed by atoms with Crippen molar-refractivity contribution in [1.82, 2.24) is 4.90 Å². The number of nitrogens with zero attached hydrogens (tertiary/aromatic N) is 1. The van der Waals surface area contributed by atoms with Gasteiger partial charge in [-0.1, -0.05) is 13.3 Å². The van der Waals surface area contributed by atoms with Crippen LogP contribution in [-0.2, 0) is 9.59 Å². The van der Waals surface area contributed by atoms with Crippen molar-refractivity contribution in [3.05, 3.63) is 0 Å². The minimum atomic E-state index is -0.890. The van der Waals surface area contributed by atoms with Crippen molar-refractivity contribution in [2.45, 2.75) is 45.1 Å². The maximum atomic E-state index is 12.0. The molecule has 2 atom stereocenters. The van der Waals surface area contributed by atoms with Gasteiger partial charge in [0.05, 0.1) is 0 Å². The van der Waals surface area contributed by atoms with Crippen LogP contribution in [0.25, 0.3) is 0 Å². The van der Waals surface area contributed by atoms with E-state index in [-0.39, 0.29) is 11.8 Å². The van der Waals surface area contributed by atoms with Crippen molar-refractivity contribution in [2.75, 3.05) is 13.1 Å². The molecule has 0 aliphatic carbocycles. The highest BCUT2D eigenvalue weighted by Crippen LogP contribution is 2.20. The van der Waals surface area contributed by atoms with E-state index >= 15 is 0 Å². The van der Waals surface area contributed by atoms with E-state index in [4.69, 9.17) is 10.8 Å². The maximum absolute atomic E-state index is 12.0. The second-order valence-electron chi connectivity index (χ2n) is 4.65. The molecule has 5 heteroatoms. The molecule has 0 aromatic carbocycles. The molecule has 17 heavy (non-hydrogen) atoms. The number of nitrogens with two attached hydrogens (primary N) is 1. The molecule has 1 aliphatic heterocycles. The number of hydrogen-bond donors (Lipinski definition) is 2. The van der Waals surface area contributed by atoms with E-state index in [0.29, 0.717) is 25.9 Å². The van der Waals surface area contributed by atoms with Crippen LogP contribution in [0.3, 0.4) is 0 Å². The number of carboxylic acid groups (broad SMARTS) is 1.